The van der Waals surface area contributed by atoms with E-state index in [1.54, 1.807) is 12.1 Å². The van der Waals surface area contributed by atoms with Crippen molar-refractivity contribution in [3.63, 3.8) is 0 Å². The third kappa shape index (κ3) is 3.52. The van der Waals surface area contributed by atoms with Crippen LogP contribution in [0.25, 0.3) is 0 Å². The van der Waals surface area contributed by atoms with E-state index in [4.69, 9.17) is 0 Å². The Kier molecular flexibility index (Phi) is 4.93. The first-order valence-electron chi connectivity index (χ1n) is 7.22. The molecule has 0 saturated heterocycles. The molecule has 2 rings (SSSR count). The van der Waals surface area contributed by atoms with Gasteiger partial charge in [0.05, 0.1) is 0 Å². The van der Waals surface area contributed by atoms with E-state index < -0.39 is 17.2 Å². The molecule has 116 valence electrons. The molecule has 22 heavy (non-hydrogen) atoms. The lowest BCUT2D eigenvalue weighted by Gasteiger charge is -2.07. The number of nitrogens with one attached hydrogen (secondary N) is 2. The fourth-order valence-electron chi connectivity index (χ4n) is 2.06. The number of nitrogens with zero attached hydrogens (tertiary/aromatic N) is 1. The van der Waals surface area contributed by atoms with Gasteiger partial charge < -0.3 is 10.3 Å². The highest BCUT2D eigenvalue weighted by Crippen LogP contribution is 2.12. The van der Waals surface area contributed by atoms with E-state index in [1.807, 2.05) is 12.1 Å². The van der Waals surface area contributed by atoms with Gasteiger partial charge in [0.1, 0.15) is 5.56 Å². The van der Waals surface area contributed by atoms with Gasteiger partial charge in [0, 0.05) is 18.9 Å². The minimum absolute atomic E-state index is 0.0999. The number of aromatic amines is 1. The number of anilines is 1. The summed E-state index contributed by atoms with van der Waals surface area (Å²) >= 11 is 0. The average Bonchev–Trinajstić information content (AvgIpc) is 2.52. The second kappa shape index (κ2) is 6.89. The summed E-state index contributed by atoms with van der Waals surface area (Å²) in [6, 6.07) is 7.52. The number of carbonyl (C=O) groups excluding carboxylic acids is 1. The normalized spacial score (nSPS) is 10.5. The first-order chi connectivity index (χ1) is 10.5. The SMILES string of the molecule is CCCCc1ccc(NC(=O)c2c[nH]c(=O)n(C)c2=O)cc1. The number of rotatable bonds is 5. The molecule has 0 aliphatic heterocycles. The maximum atomic E-state index is 12.1. The zero-order valence-corrected chi connectivity index (χ0v) is 12.7. The van der Waals surface area contributed by atoms with Gasteiger partial charge in [-0.1, -0.05) is 25.5 Å². The van der Waals surface area contributed by atoms with Crippen molar-refractivity contribution in [3.05, 3.63) is 62.4 Å². The Labute approximate surface area is 127 Å². The van der Waals surface area contributed by atoms with Crippen LogP contribution in [0.2, 0.25) is 0 Å². The summed E-state index contributed by atoms with van der Waals surface area (Å²) in [4.78, 5) is 37.6. The molecule has 6 nitrogen and oxygen atoms in total. The van der Waals surface area contributed by atoms with Gasteiger partial charge in [-0.3, -0.25) is 14.2 Å². The molecule has 0 aliphatic carbocycles. The predicted octanol–water partition coefficient (Wildman–Crippen LogP) is 1.67. The zero-order valence-electron chi connectivity index (χ0n) is 12.7. The zero-order chi connectivity index (χ0) is 16.1. The molecule has 2 N–H and O–H groups in total. The minimum Gasteiger partial charge on any atom is -0.322 e. The molecule has 0 spiro atoms. The molecule has 0 bridgehead atoms. The van der Waals surface area contributed by atoms with Crippen molar-refractivity contribution in [2.45, 2.75) is 26.2 Å². The number of unbranched alkanes of at least 4 members (excludes halogenated alkanes) is 1. The Balaban J connectivity index is 2.14. The highest BCUT2D eigenvalue weighted by atomic mass is 16.2. The summed E-state index contributed by atoms with van der Waals surface area (Å²) in [7, 11) is 1.32. The number of benzene rings is 1. The topological polar surface area (TPSA) is 84.0 Å². The largest absolute Gasteiger partial charge is 0.328 e. The van der Waals surface area contributed by atoms with E-state index in [-0.39, 0.29) is 5.56 Å². The summed E-state index contributed by atoms with van der Waals surface area (Å²) < 4.78 is 0.864. The maximum absolute atomic E-state index is 12.1. The van der Waals surface area contributed by atoms with Crippen LogP contribution in [-0.4, -0.2) is 15.5 Å². The molecule has 0 fully saturated rings. The lowest BCUT2D eigenvalue weighted by molar-refractivity contribution is 0.102. The summed E-state index contributed by atoms with van der Waals surface area (Å²) in [5, 5.41) is 2.65. The number of aryl methyl sites for hydroxylation is 1. The quantitative estimate of drug-likeness (QED) is 0.881. The van der Waals surface area contributed by atoms with Crippen LogP contribution in [0.15, 0.2) is 40.1 Å². The van der Waals surface area contributed by atoms with Gasteiger partial charge in [0.15, 0.2) is 0 Å². The van der Waals surface area contributed by atoms with Crippen LogP contribution in [0, 0.1) is 0 Å². The summed E-state index contributed by atoms with van der Waals surface area (Å²) in [6.07, 6.45) is 4.40. The average molecular weight is 301 g/mol. The molecule has 1 heterocycles. The van der Waals surface area contributed by atoms with Crippen LogP contribution < -0.4 is 16.6 Å². The highest BCUT2D eigenvalue weighted by molar-refractivity contribution is 6.03. The fraction of sp³-hybridized carbons (Fsp3) is 0.312. The minimum atomic E-state index is -0.624. The molecule has 1 aromatic heterocycles. The van der Waals surface area contributed by atoms with E-state index in [0.717, 1.165) is 30.0 Å². The summed E-state index contributed by atoms with van der Waals surface area (Å²) in [6.45, 7) is 2.14. The predicted molar refractivity (Wildman–Crippen MR) is 85.3 cm³/mol. The molecular formula is C16H19N3O3. The second-order valence-electron chi connectivity index (χ2n) is 5.13. The van der Waals surface area contributed by atoms with Gasteiger partial charge in [-0.05, 0) is 30.5 Å². The van der Waals surface area contributed by atoms with Gasteiger partial charge in [0.25, 0.3) is 11.5 Å². The van der Waals surface area contributed by atoms with Gasteiger partial charge in [-0.2, -0.15) is 0 Å². The first kappa shape index (κ1) is 15.8. The second-order valence-corrected chi connectivity index (χ2v) is 5.13. The summed E-state index contributed by atoms with van der Waals surface area (Å²) in [5.41, 5.74) is 0.540. The Hall–Kier alpha value is -2.63. The Morgan fingerprint density at radius 3 is 2.55 bits per heavy atom. The van der Waals surface area contributed by atoms with Crippen molar-refractivity contribution >= 4 is 11.6 Å². The molecule has 0 atom stereocenters. The van der Waals surface area contributed by atoms with E-state index in [9.17, 15) is 14.4 Å². The molecule has 6 heteroatoms. The molecule has 0 saturated carbocycles. The number of amides is 1. The Bertz CT molecular complexity index is 772. The van der Waals surface area contributed by atoms with Crippen LogP contribution in [0.3, 0.4) is 0 Å². The molecular weight excluding hydrogens is 282 g/mol. The van der Waals surface area contributed by atoms with Crippen LogP contribution in [0.1, 0.15) is 35.7 Å². The maximum Gasteiger partial charge on any atom is 0.328 e. The van der Waals surface area contributed by atoms with Gasteiger partial charge in [-0.15, -0.1) is 0 Å². The monoisotopic (exact) mass is 301 g/mol. The van der Waals surface area contributed by atoms with Crippen LogP contribution in [0.4, 0.5) is 5.69 Å². The lowest BCUT2D eigenvalue weighted by atomic mass is 10.1. The standard InChI is InChI=1S/C16H19N3O3/c1-3-4-5-11-6-8-12(9-7-11)18-14(20)13-10-17-16(22)19(2)15(13)21/h6-10H,3-5H2,1-2H3,(H,17,22)(H,18,20). The molecule has 0 aliphatic rings. The number of hydrogen-bond acceptors (Lipinski definition) is 3. The third-order valence-electron chi connectivity index (χ3n) is 3.46. The highest BCUT2D eigenvalue weighted by Gasteiger charge is 2.13. The fourth-order valence-corrected chi connectivity index (χ4v) is 2.06. The van der Waals surface area contributed by atoms with E-state index in [1.165, 1.54) is 12.6 Å². The summed E-state index contributed by atoms with van der Waals surface area (Å²) in [5.74, 6) is -0.543. The first-order valence-corrected chi connectivity index (χ1v) is 7.22. The van der Waals surface area contributed by atoms with E-state index >= 15 is 0 Å². The van der Waals surface area contributed by atoms with Crippen LogP contribution in [-0.2, 0) is 13.5 Å². The smallest absolute Gasteiger partial charge is 0.322 e. The van der Waals surface area contributed by atoms with Crippen LogP contribution in [0.5, 0.6) is 0 Å². The van der Waals surface area contributed by atoms with E-state index in [0.29, 0.717) is 5.69 Å². The van der Waals surface area contributed by atoms with Crippen molar-refractivity contribution in [2.24, 2.45) is 7.05 Å². The number of aromatic nitrogens is 2. The van der Waals surface area contributed by atoms with E-state index in [2.05, 4.69) is 17.2 Å². The van der Waals surface area contributed by atoms with Crippen molar-refractivity contribution in [1.29, 1.82) is 0 Å². The van der Waals surface area contributed by atoms with Crippen molar-refractivity contribution in [1.82, 2.24) is 9.55 Å². The van der Waals surface area contributed by atoms with Gasteiger partial charge in [-0.25, -0.2) is 4.79 Å². The molecule has 0 unspecified atom stereocenters. The molecule has 1 aromatic carbocycles. The number of hydrogen-bond donors (Lipinski definition) is 2. The Morgan fingerprint density at radius 1 is 1.23 bits per heavy atom. The van der Waals surface area contributed by atoms with Crippen molar-refractivity contribution in [2.75, 3.05) is 5.32 Å². The van der Waals surface area contributed by atoms with Gasteiger partial charge >= 0.3 is 5.69 Å². The number of carbonyl (C=O) groups is 1. The van der Waals surface area contributed by atoms with Crippen molar-refractivity contribution < 1.29 is 4.79 Å². The molecule has 1 amide bonds. The third-order valence-corrected chi connectivity index (χ3v) is 3.46. The molecule has 2 aromatic rings. The van der Waals surface area contributed by atoms with Gasteiger partial charge in [0.2, 0.25) is 0 Å². The molecule has 0 radical (unpaired) electrons. The lowest BCUT2D eigenvalue weighted by Crippen LogP contribution is -2.37. The van der Waals surface area contributed by atoms with Crippen LogP contribution >= 0.6 is 0 Å². The number of H-pyrrole nitrogens is 1. The van der Waals surface area contributed by atoms with Crippen molar-refractivity contribution in [3.8, 4) is 0 Å². The Morgan fingerprint density at radius 2 is 1.91 bits per heavy atom.